The topological polar surface area (TPSA) is 24.8 Å². The van der Waals surface area contributed by atoms with Crippen molar-refractivity contribution in [3.8, 4) is 0 Å². The van der Waals surface area contributed by atoms with E-state index in [0.717, 1.165) is 24.4 Å². The zero-order chi connectivity index (χ0) is 15.9. The molecule has 0 spiro atoms. The summed E-state index contributed by atoms with van der Waals surface area (Å²) in [5.41, 5.74) is 2.16. The number of methoxy groups -OCH3 is 1. The molecular weight excluding hydrogens is 292 g/mol. The highest BCUT2D eigenvalue weighted by Gasteiger charge is 2.28. The Morgan fingerprint density at radius 3 is 2.64 bits per heavy atom. The second-order valence-electron chi connectivity index (χ2n) is 4.89. The van der Waals surface area contributed by atoms with Gasteiger partial charge in [0, 0.05) is 11.9 Å². The normalized spacial score (nSPS) is 16.3. The maximum Gasteiger partial charge on any atom is 0.211 e. The van der Waals surface area contributed by atoms with Crippen LogP contribution >= 0.6 is 11.3 Å². The number of thiophene rings is 1. The molecule has 0 saturated heterocycles. The van der Waals surface area contributed by atoms with Gasteiger partial charge in [0.05, 0.1) is 18.5 Å². The minimum atomic E-state index is 0.206. The average Bonchev–Trinajstić information content (AvgIpc) is 3.09. The summed E-state index contributed by atoms with van der Waals surface area (Å²) in [7, 11) is 3.82. The number of rotatable bonds is 3. The number of hydrogen-bond acceptors (Lipinski definition) is 4. The van der Waals surface area contributed by atoms with Gasteiger partial charge in [0.15, 0.2) is 0 Å². The second kappa shape index (κ2) is 7.99. The number of para-hydroxylation sites is 2. The van der Waals surface area contributed by atoms with Crippen LogP contribution in [0.1, 0.15) is 25.1 Å². The molecule has 0 bridgehead atoms. The largest absolute Gasteiger partial charge is 0.483 e. The molecule has 1 aromatic heterocycles. The van der Waals surface area contributed by atoms with E-state index in [0.29, 0.717) is 0 Å². The summed E-state index contributed by atoms with van der Waals surface area (Å²) >= 11 is 1.81. The predicted molar refractivity (Wildman–Crippen MR) is 96.7 cm³/mol. The number of likely N-dealkylation sites (N-methyl/N-ethyl adjacent to an activating group) is 1. The van der Waals surface area contributed by atoms with Crippen molar-refractivity contribution in [1.29, 1.82) is 0 Å². The highest BCUT2D eigenvalue weighted by Crippen LogP contribution is 2.34. The van der Waals surface area contributed by atoms with Crippen molar-refractivity contribution in [3.63, 3.8) is 0 Å². The van der Waals surface area contributed by atoms with Crippen LogP contribution < -0.4 is 4.90 Å². The molecule has 1 unspecified atom stereocenters. The van der Waals surface area contributed by atoms with Gasteiger partial charge in [-0.05, 0) is 36.4 Å². The molecule has 3 rings (SSSR count). The lowest BCUT2D eigenvalue weighted by Gasteiger charge is -2.34. The van der Waals surface area contributed by atoms with Crippen LogP contribution in [0.3, 0.4) is 0 Å². The molecule has 1 aliphatic rings. The van der Waals surface area contributed by atoms with Crippen molar-refractivity contribution >= 4 is 28.6 Å². The molecule has 0 aliphatic carbocycles. The lowest BCUT2D eigenvalue weighted by molar-refractivity contribution is 0.374. The molecule has 22 heavy (non-hydrogen) atoms. The number of nitrogens with zero attached hydrogens (tertiary/aromatic N) is 2. The van der Waals surface area contributed by atoms with E-state index in [2.05, 4.69) is 46.6 Å². The fourth-order valence-electron chi connectivity index (χ4n) is 2.62. The average molecular weight is 316 g/mol. The van der Waals surface area contributed by atoms with Crippen LogP contribution in [-0.2, 0) is 11.2 Å². The van der Waals surface area contributed by atoms with Crippen LogP contribution in [0.5, 0.6) is 0 Å². The highest BCUT2D eigenvalue weighted by molar-refractivity contribution is 7.09. The van der Waals surface area contributed by atoms with E-state index in [-0.39, 0.29) is 6.04 Å². The third kappa shape index (κ3) is 3.50. The summed E-state index contributed by atoms with van der Waals surface area (Å²) in [5, 5.41) is 2.13. The van der Waals surface area contributed by atoms with Gasteiger partial charge < -0.3 is 9.64 Å². The predicted octanol–water partition coefficient (Wildman–Crippen LogP) is 4.90. The van der Waals surface area contributed by atoms with E-state index in [1.54, 1.807) is 7.11 Å². The number of fused-ring (bicyclic) bond motifs is 1. The van der Waals surface area contributed by atoms with E-state index in [4.69, 9.17) is 4.74 Å². The lowest BCUT2D eigenvalue weighted by Crippen LogP contribution is -2.41. The fraction of sp³-hybridized carbons (Fsp3) is 0.389. The highest BCUT2D eigenvalue weighted by atomic mass is 32.1. The number of ether oxygens (including phenoxy) is 1. The minimum Gasteiger partial charge on any atom is -0.483 e. The molecule has 1 aliphatic heterocycles. The van der Waals surface area contributed by atoms with E-state index >= 15 is 0 Å². The molecular formula is C18H24N2OS. The van der Waals surface area contributed by atoms with E-state index in [1.165, 1.54) is 10.6 Å². The molecule has 118 valence electrons. The third-order valence-electron chi connectivity index (χ3n) is 3.70. The van der Waals surface area contributed by atoms with E-state index < -0.39 is 0 Å². The van der Waals surface area contributed by atoms with Gasteiger partial charge in [-0.2, -0.15) is 0 Å². The maximum atomic E-state index is 5.51. The zero-order valence-electron chi connectivity index (χ0n) is 13.7. The van der Waals surface area contributed by atoms with Crippen molar-refractivity contribution in [2.24, 2.45) is 4.99 Å². The molecule has 0 amide bonds. The number of anilines is 1. The van der Waals surface area contributed by atoms with Gasteiger partial charge in [0.1, 0.15) is 6.04 Å². The van der Waals surface area contributed by atoms with Crippen LogP contribution in [0.25, 0.3) is 0 Å². The standard InChI is InChI=1S/C16H18N2OS.C2H6/c1-18-14-8-4-3-7-13(14)17-16(19-2)15(18)10-9-12-6-5-11-20-12;1-2/h3-8,11,15H,9-10H2,1-2H3;1-2H3. The Labute approximate surface area is 137 Å². The Morgan fingerprint density at radius 2 is 1.95 bits per heavy atom. The van der Waals surface area contributed by atoms with Gasteiger partial charge in [-0.3, -0.25) is 0 Å². The molecule has 2 aromatic rings. The Balaban J connectivity index is 0.000000847. The summed E-state index contributed by atoms with van der Waals surface area (Å²) in [6, 6.07) is 12.7. The summed E-state index contributed by atoms with van der Waals surface area (Å²) < 4.78 is 5.51. The van der Waals surface area contributed by atoms with Gasteiger partial charge in [0.2, 0.25) is 5.90 Å². The number of hydrogen-bond donors (Lipinski definition) is 0. The first-order valence-electron chi connectivity index (χ1n) is 7.76. The van der Waals surface area contributed by atoms with E-state index in [1.807, 2.05) is 37.3 Å². The molecule has 1 aromatic carbocycles. The SMILES string of the molecule is CC.COC1=Nc2ccccc2N(C)C1CCc1cccs1. The van der Waals surface area contributed by atoms with Gasteiger partial charge in [-0.1, -0.05) is 32.0 Å². The van der Waals surface area contributed by atoms with Crippen LogP contribution in [0, 0.1) is 0 Å². The molecule has 4 heteroatoms. The number of benzene rings is 1. The Morgan fingerprint density at radius 1 is 1.18 bits per heavy atom. The Bertz CT molecular complexity index is 607. The van der Waals surface area contributed by atoms with Crippen LogP contribution in [0.15, 0.2) is 46.8 Å². The van der Waals surface area contributed by atoms with Crippen molar-refractivity contribution in [1.82, 2.24) is 0 Å². The summed E-state index contributed by atoms with van der Waals surface area (Å²) in [5.74, 6) is 0.808. The zero-order valence-corrected chi connectivity index (χ0v) is 14.6. The fourth-order valence-corrected chi connectivity index (χ4v) is 3.34. The van der Waals surface area contributed by atoms with Gasteiger partial charge in [-0.15, -0.1) is 11.3 Å². The Kier molecular flexibility index (Phi) is 6.01. The lowest BCUT2D eigenvalue weighted by atomic mass is 10.1. The van der Waals surface area contributed by atoms with Gasteiger partial charge in [-0.25, -0.2) is 4.99 Å². The van der Waals surface area contributed by atoms with Crippen LogP contribution in [0.2, 0.25) is 0 Å². The van der Waals surface area contributed by atoms with Crippen molar-refractivity contribution in [3.05, 3.63) is 46.7 Å². The van der Waals surface area contributed by atoms with Crippen LogP contribution in [-0.4, -0.2) is 26.1 Å². The third-order valence-corrected chi connectivity index (χ3v) is 4.63. The van der Waals surface area contributed by atoms with Gasteiger partial charge in [0.25, 0.3) is 0 Å². The second-order valence-corrected chi connectivity index (χ2v) is 5.92. The number of aryl methyl sites for hydroxylation is 1. The molecule has 2 heterocycles. The molecule has 3 nitrogen and oxygen atoms in total. The quantitative estimate of drug-likeness (QED) is 0.804. The molecule has 0 saturated carbocycles. The first-order chi connectivity index (χ1) is 10.8. The van der Waals surface area contributed by atoms with Crippen LogP contribution in [0.4, 0.5) is 11.4 Å². The Hall–Kier alpha value is -1.81. The number of aliphatic imine (C=N–C) groups is 1. The first-order valence-corrected chi connectivity index (χ1v) is 8.64. The van der Waals surface area contributed by atoms with Crippen molar-refractivity contribution in [2.75, 3.05) is 19.1 Å². The van der Waals surface area contributed by atoms with E-state index in [9.17, 15) is 0 Å². The van der Waals surface area contributed by atoms with Crippen molar-refractivity contribution < 1.29 is 4.74 Å². The summed E-state index contributed by atoms with van der Waals surface area (Å²) in [4.78, 5) is 8.33. The molecule has 0 N–H and O–H groups in total. The summed E-state index contributed by atoms with van der Waals surface area (Å²) in [6.45, 7) is 4.00. The molecule has 0 radical (unpaired) electrons. The van der Waals surface area contributed by atoms with Gasteiger partial charge >= 0.3 is 0 Å². The van der Waals surface area contributed by atoms with Crippen molar-refractivity contribution in [2.45, 2.75) is 32.7 Å². The summed E-state index contributed by atoms with van der Waals surface area (Å²) in [6.07, 6.45) is 2.06. The molecule has 0 fully saturated rings. The first kappa shape index (κ1) is 16.6. The maximum absolute atomic E-state index is 5.51. The minimum absolute atomic E-state index is 0.206. The monoisotopic (exact) mass is 316 g/mol. The smallest absolute Gasteiger partial charge is 0.211 e. The molecule has 1 atom stereocenters.